The van der Waals surface area contributed by atoms with Crippen LogP contribution in [0.2, 0.25) is 0 Å². The number of H-pyrrole nitrogens is 1. The number of rotatable bonds is 1. The van der Waals surface area contributed by atoms with Crippen LogP contribution in [0.1, 0.15) is 5.56 Å². The predicted octanol–water partition coefficient (Wildman–Crippen LogP) is 3.20. The van der Waals surface area contributed by atoms with Gasteiger partial charge in [-0.05, 0) is 17.7 Å². The van der Waals surface area contributed by atoms with E-state index in [9.17, 15) is 4.79 Å². The number of fused-ring (bicyclic) bond motifs is 6. The summed E-state index contributed by atoms with van der Waals surface area (Å²) in [6, 6.07) is 11.8. The summed E-state index contributed by atoms with van der Waals surface area (Å²) in [5.74, 6) is -0.911. The molecular weight excluding hydrogens is 304 g/mol. The predicted molar refractivity (Wildman–Crippen MR) is 91.9 cm³/mol. The monoisotopic (exact) mass is 316 g/mol. The number of para-hydroxylation sites is 1. The highest BCUT2D eigenvalue weighted by Gasteiger charge is 2.19. The standard InChI is InChI=1S/C18H12N4O2/c23-18(24)10-7-9-5-6-13-16(14(9)19-8-10)22-15-11-3-1-2-4-12(11)20-17(15)21-13/h1-6,8,19H,7H2,(H,20,21)(H,23,24). The molecule has 0 spiro atoms. The molecule has 0 atom stereocenters. The van der Waals surface area contributed by atoms with Crippen LogP contribution in [0.25, 0.3) is 33.1 Å². The molecule has 116 valence electrons. The van der Waals surface area contributed by atoms with Crippen LogP contribution in [0.5, 0.6) is 0 Å². The van der Waals surface area contributed by atoms with Crippen LogP contribution in [-0.2, 0) is 11.2 Å². The molecule has 0 fully saturated rings. The lowest BCUT2D eigenvalue weighted by atomic mass is 10.00. The molecule has 6 heteroatoms. The summed E-state index contributed by atoms with van der Waals surface area (Å²) in [5, 5.41) is 13.3. The van der Waals surface area contributed by atoms with E-state index in [1.54, 1.807) is 0 Å². The van der Waals surface area contributed by atoms with Gasteiger partial charge in [-0.2, -0.15) is 0 Å². The largest absolute Gasteiger partial charge is 0.478 e. The van der Waals surface area contributed by atoms with Crippen molar-refractivity contribution in [3.8, 4) is 0 Å². The highest BCUT2D eigenvalue weighted by atomic mass is 16.4. The molecule has 1 aliphatic rings. The van der Waals surface area contributed by atoms with E-state index < -0.39 is 5.97 Å². The minimum atomic E-state index is -0.911. The van der Waals surface area contributed by atoms with Crippen molar-refractivity contribution in [2.75, 3.05) is 5.32 Å². The minimum Gasteiger partial charge on any atom is -0.478 e. The molecule has 0 radical (unpaired) electrons. The second kappa shape index (κ2) is 4.55. The normalized spacial score (nSPS) is 13.8. The maximum atomic E-state index is 11.2. The summed E-state index contributed by atoms with van der Waals surface area (Å²) < 4.78 is 0. The number of hydrogen-bond donors (Lipinski definition) is 3. The molecule has 4 aromatic rings. The Morgan fingerprint density at radius 1 is 1.08 bits per heavy atom. The van der Waals surface area contributed by atoms with Gasteiger partial charge in [0.2, 0.25) is 0 Å². The van der Waals surface area contributed by atoms with E-state index in [0.717, 1.165) is 44.4 Å². The SMILES string of the molecule is O=C(O)C1=CNc2c(ccc3nc4[nH]c5ccccc5c4nc23)C1. The molecule has 0 bridgehead atoms. The Morgan fingerprint density at radius 2 is 1.96 bits per heavy atom. The van der Waals surface area contributed by atoms with Crippen molar-refractivity contribution in [1.29, 1.82) is 0 Å². The Morgan fingerprint density at radius 3 is 2.83 bits per heavy atom. The first-order valence-corrected chi connectivity index (χ1v) is 7.59. The lowest BCUT2D eigenvalue weighted by Gasteiger charge is -2.17. The third kappa shape index (κ3) is 1.73. The Labute approximate surface area is 135 Å². The number of aromatic amines is 1. The average molecular weight is 316 g/mol. The molecule has 2 aromatic carbocycles. The van der Waals surface area contributed by atoms with Crippen molar-refractivity contribution in [2.24, 2.45) is 0 Å². The maximum absolute atomic E-state index is 11.2. The third-order valence-electron chi connectivity index (χ3n) is 4.40. The lowest BCUT2D eigenvalue weighted by molar-refractivity contribution is -0.132. The number of anilines is 1. The first kappa shape index (κ1) is 13.1. The number of aliphatic carboxylic acids is 1. The first-order chi connectivity index (χ1) is 11.7. The maximum Gasteiger partial charge on any atom is 0.333 e. The highest BCUT2D eigenvalue weighted by molar-refractivity contribution is 6.07. The van der Waals surface area contributed by atoms with Crippen LogP contribution >= 0.6 is 0 Å². The summed E-state index contributed by atoms with van der Waals surface area (Å²) in [4.78, 5) is 24.0. The second-order valence-corrected chi connectivity index (χ2v) is 5.85. The third-order valence-corrected chi connectivity index (χ3v) is 4.40. The van der Waals surface area contributed by atoms with Crippen LogP contribution < -0.4 is 5.32 Å². The van der Waals surface area contributed by atoms with Gasteiger partial charge in [0, 0.05) is 23.5 Å². The van der Waals surface area contributed by atoms with E-state index in [1.165, 1.54) is 6.20 Å². The molecule has 6 nitrogen and oxygen atoms in total. The molecule has 3 heterocycles. The van der Waals surface area contributed by atoms with Crippen LogP contribution in [0, 0.1) is 0 Å². The Kier molecular flexibility index (Phi) is 2.48. The van der Waals surface area contributed by atoms with Gasteiger partial charge in [0.1, 0.15) is 11.0 Å². The van der Waals surface area contributed by atoms with E-state index in [-0.39, 0.29) is 0 Å². The Hall–Kier alpha value is -3.41. The van der Waals surface area contributed by atoms with E-state index in [4.69, 9.17) is 10.1 Å². The molecule has 24 heavy (non-hydrogen) atoms. The summed E-state index contributed by atoms with van der Waals surface area (Å²) >= 11 is 0. The molecule has 5 rings (SSSR count). The number of carboxylic acids is 1. The van der Waals surface area contributed by atoms with Crippen molar-refractivity contribution in [1.82, 2.24) is 15.0 Å². The summed E-state index contributed by atoms with van der Waals surface area (Å²) in [5.41, 5.74) is 6.18. The van der Waals surface area contributed by atoms with E-state index in [0.29, 0.717) is 12.0 Å². The lowest BCUT2D eigenvalue weighted by Crippen LogP contribution is -2.13. The zero-order valence-corrected chi connectivity index (χ0v) is 12.5. The molecule has 2 aromatic heterocycles. The van der Waals surface area contributed by atoms with Crippen LogP contribution in [0.3, 0.4) is 0 Å². The van der Waals surface area contributed by atoms with Crippen LogP contribution in [0.4, 0.5) is 5.69 Å². The molecule has 0 saturated carbocycles. The van der Waals surface area contributed by atoms with Gasteiger partial charge in [0.25, 0.3) is 0 Å². The van der Waals surface area contributed by atoms with Gasteiger partial charge in [0.05, 0.1) is 16.8 Å². The first-order valence-electron chi connectivity index (χ1n) is 7.59. The van der Waals surface area contributed by atoms with Gasteiger partial charge in [-0.15, -0.1) is 0 Å². The molecule has 3 N–H and O–H groups in total. The minimum absolute atomic E-state index is 0.336. The highest BCUT2D eigenvalue weighted by Crippen LogP contribution is 2.33. The van der Waals surface area contributed by atoms with Gasteiger partial charge in [-0.25, -0.2) is 14.8 Å². The molecule has 0 amide bonds. The number of aromatic nitrogens is 3. The fourth-order valence-electron chi connectivity index (χ4n) is 3.23. The summed E-state index contributed by atoms with van der Waals surface area (Å²) in [6.45, 7) is 0. The molecule has 1 aliphatic heterocycles. The van der Waals surface area contributed by atoms with Crippen LogP contribution in [0.15, 0.2) is 48.2 Å². The molecule has 0 unspecified atom stereocenters. The fourth-order valence-corrected chi connectivity index (χ4v) is 3.23. The van der Waals surface area contributed by atoms with Crippen molar-refractivity contribution >= 4 is 44.8 Å². The van der Waals surface area contributed by atoms with Crippen molar-refractivity contribution in [3.05, 3.63) is 53.7 Å². The summed E-state index contributed by atoms with van der Waals surface area (Å²) in [7, 11) is 0. The van der Waals surface area contributed by atoms with Crippen LogP contribution in [-0.4, -0.2) is 26.0 Å². The summed E-state index contributed by atoms with van der Waals surface area (Å²) in [6.07, 6.45) is 1.91. The topological polar surface area (TPSA) is 90.9 Å². The van der Waals surface area contributed by atoms with E-state index in [2.05, 4.69) is 15.3 Å². The Balaban J connectivity index is 1.81. The smallest absolute Gasteiger partial charge is 0.333 e. The number of carboxylic acid groups (broad SMARTS) is 1. The number of nitrogens with one attached hydrogen (secondary N) is 2. The fraction of sp³-hybridized carbons (Fsp3) is 0.0556. The van der Waals surface area contributed by atoms with Gasteiger partial charge >= 0.3 is 5.97 Å². The van der Waals surface area contributed by atoms with Crippen molar-refractivity contribution in [2.45, 2.75) is 6.42 Å². The van der Waals surface area contributed by atoms with E-state index in [1.807, 2.05) is 36.4 Å². The molecular formula is C18H12N4O2. The van der Waals surface area contributed by atoms with Crippen molar-refractivity contribution < 1.29 is 9.90 Å². The second-order valence-electron chi connectivity index (χ2n) is 5.85. The van der Waals surface area contributed by atoms with Gasteiger partial charge < -0.3 is 15.4 Å². The number of hydrogen-bond acceptors (Lipinski definition) is 4. The zero-order valence-electron chi connectivity index (χ0n) is 12.5. The van der Waals surface area contributed by atoms with Gasteiger partial charge in [0.15, 0.2) is 5.65 Å². The van der Waals surface area contributed by atoms with Gasteiger partial charge in [-0.3, -0.25) is 0 Å². The zero-order chi connectivity index (χ0) is 16.3. The number of carbonyl (C=O) groups is 1. The molecule has 0 saturated heterocycles. The number of benzene rings is 2. The quantitative estimate of drug-likeness (QED) is 0.501. The Bertz CT molecular complexity index is 1190. The average Bonchev–Trinajstić information content (AvgIpc) is 2.96. The molecule has 0 aliphatic carbocycles. The number of nitrogens with zero attached hydrogens (tertiary/aromatic N) is 2. The van der Waals surface area contributed by atoms with Crippen molar-refractivity contribution in [3.63, 3.8) is 0 Å². The van der Waals surface area contributed by atoms with Gasteiger partial charge in [-0.1, -0.05) is 24.3 Å². The van der Waals surface area contributed by atoms with E-state index >= 15 is 0 Å².